The average molecular weight is 312 g/mol. The molecule has 1 saturated heterocycles. The van der Waals surface area contributed by atoms with Crippen molar-refractivity contribution in [2.24, 2.45) is 11.8 Å². The van der Waals surface area contributed by atoms with Crippen LogP contribution < -0.4 is 5.32 Å². The largest absolute Gasteiger partial charge is 0.342 e. The van der Waals surface area contributed by atoms with Crippen LogP contribution in [0.3, 0.4) is 0 Å². The van der Waals surface area contributed by atoms with Crippen LogP contribution in [-0.4, -0.2) is 37.5 Å². The van der Waals surface area contributed by atoms with Crippen LogP contribution in [0.4, 0.5) is 0 Å². The third kappa shape index (κ3) is 2.59. The Bertz CT molecular complexity index is 597. The molecule has 0 radical (unpaired) electrons. The molecule has 1 saturated carbocycles. The molecular formula is C20H28N2O. The summed E-state index contributed by atoms with van der Waals surface area (Å²) < 4.78 is 0. The van der Waals surface area contributed by atoms with E-state index in [1.54, 1.807) is 0 Å². The molecule has 23 heavy (non-hydrogen) atoms. The monoisotopic (exact) mass is 312 g/mol. The molecule has 1 spiro atoms. The molecule has 1 heterocycles. The van der Waals surface area contributed by atoms with E-state index in [0.29, 0.717) is 11.8 Å². The zero-order valence-electron chi connectivity index (χ0n) is 14.2. The summed E-state index contributed by atoms with van der Waals surface area (Å²) >= 11 is 0. The first-order valence-corrected chi connectivity index (χ1v) is 9.26. The second-order valence-electron chi connectivity index (χ2n) is 7.77. The lowest BCUT2D eigenvalue weighted by Crippen LogP contribution is -2.44. The van der Waals surface area contributed by atoms with Crippen LogP contribution in [0.1, 0.15) is 43.2 Å². The maximum Gasteiger partial charge on any atom is 0.226 e. The molecular weight excluding hydrogens is 284 g/mol. The zero-order valence-corrected chi connectivity index (χ0v) is 14.2. The van der Waals surface area contributed by atoms with E-state index in [4.69, 9.17) is 0 Å². The third-order valence-corrected chi connectivity index (χ3v) is 6.32. The first kappa shape index (κ1) is 15.2. The van der Waals surface area contributed by atoms with E-state index >= 15 is 0 Å². The van der Waals surface area contributed by atoms with Crippen molar-refractivity contribution in [2.75, 3.05) is 26.7 Å². The van der Waals surface area contributed by atoms with Crippen LogP contribution in [0, 0.1) is 11.8 Å². The average Bonchev–Trinajstić information content (AvgIpc) is 3.30. The van der Waals surface area contributed by atoms with Crippen molar-refractivity contribution in [3.05, 3.63) is 35.4 Å². The van der Waals surface area contributed by atoms with Gasteiger partial charge in [0, 0.05) is 24.4 Å². The number of likely N-dealkylation sites (tertiary alicyclic amines) is 1. The van der Waals surface area contributed by atoms with Crippen LogP contribution >= 0.6 is 0 Å². The van der Waals surface area contributed by atoms with E-state index in [2.05, 4.69) is 34.5 Å². The maximum absolute atomic E-state index is 13.1. The highest BCUT2D eigenvalue weighted by molar-refractivity contribution is 5.85. The van der Waals surface area contributed by atoms with Gasteiger partial charge in [0.05, 0.1) is 0 Å². The number of piperidine rings is 1. The van der Waals surface area contributed by atoms with Crippen molar-refractivity contribution in [3.63, 3.8) is 0 Å². The summed E-state index contributed by atoms with van der Waals surface area (Å²) in [5.41, 5.74) is 3.15. The fraction of sp³-hybridized carbons (Fsp3) is 0.650. The Kier molecular flexibility index (Phi) is 3.92. The van der Waals surface area contributed by atoms with Gasteiger partial charge in [-0.1, -0.05) is 24.3 Å². The number of amides is 1. The van der Waals surface area contributed by atoms with Gasteiger partial charge in [-0.25, -0.2) is 0 Å². The van der Waals surface area contributed by atoms with Gasteiger partial charge < -0.3 is 10.2 Å². The van der Waals surface area contributed by atoms with E-state index in [9.17, 15) is 4.79 Å². The highest BCUT2D eigenvalue weighted by Gasteiger charge is 2.60. The van der Waals surface area contributed by atoms with Crippen molar-refractivity contribution >= 4 is 5.91 Å². The molecule has 4 rings (SSSR count). The zero-order chi connectivity index (χ0) is 15.9. The summed E-state index contributed by atoms with van der Waals surface area (Å²) in [6.45, 7) is 2.95. The predicted molar refractivity (Wildman–Crippen MR) is 92.4 cm³/mol. The van der Waals surface area contributed by atoms with E-state index in [-0.39, 0.29) is 11.3 Å². The Morgan fingerprint density at radius 2 is 2.22 bits per heavy atom. The molecule has 2 aliphatic carbocycles. The fourth-order valence-corrected chi connectivity index (χ4v) is 5.10. The van der Waals surface area contributed by atoms with Crippen molar-refractivity contribution in [1.29, 1.82) is 0 Å². The summed E-state index contributed by atoms with van der Waals surface area (Å²) in [6, 6.07) is 8.83. The molecule has 2 fully saturated rings. The number of benzene rings is 1. The number of rotatable bonds is 3. The van der Waals surface area contributed by atoms with E-state index < -0.39 is 0 Å². The van der Waals surface area contributed by atoms with Crippen LogP contribution in [0.25, 0.3) is 0 Å². The van der Waals surface area contributed by atoms with Gasteiger partial charge in [-0.05, 0) is 69.2 Å². The van der Waals surface area contributed by atoms with Gasteiger partial charge in [0.15, 0.2) is 0 Å². The Balaban J connectivity index is 1.50. The van der Waals surface area contributed by atoms with Crippen molar-refractivity contribution in [2.45, 2.75) is 43.9 Å². The van der Waals surface area contributed by atoms with Gasteiger partial charge in [-0.2, -0.15) is 0 Å². The van der Waals surface area contributed by atoms with Crippen LogP contribution in [0.2, 0.25) is 0 Å². The number of fused-ring (bicyclic) bond motifs is 2. The van der Waals surface area contributed by atoms with Crippen LogP contribution in [0.5, 0.6) is 0 Å². The summed E-state index contributed by atoms with van der Waals surface area (Å²) in [5.74, 6) is 1.31. The van der Waals surface area contributed by atoms with Crippen LogP contribution in [-0.2, 0) is 16.6 Å². The van der Waals surface area contributed by atoms with Crippen molar-refractivity contribution < 1.29 is 4.79 Å². The second-order valence-corrected chi connectivity index (χ2v) is 7.77. The SMILES string of the molecule is CNCC1CCCN(C(=O)C2CC23CCCc2ccccc23)C1. The molecule has 1 N–H and O–H groups in total. The van der Waals surface area contributed by atoms with Crippen molar-refractivity contribution in [1.82, 2.24) is 10.2 Å². The number of nitrogens with zero attached hydrogens (tertiary/aromatic N) is 1. The Labute approximate surface area is 139 Å². The molecule has 1 aromatic carbocycles. The highest BCUT2D eigenvalue weighted by atomic mass is 16.2. The topological polar surface area (TPSA) is 32.3 Å². The highest BCUT2D eigenvalue weighted by Crippen LogP contribution is 2.60. The number of hydrogen-bond donors (Lipinski definition) is 1. The third-order valence-electron chi connectivity index (χ3n) is 6.32. The van der Waals surface area contributed by atoms with E-state index in [1.807, 2.05) is 7.05 Å². The van der Waals surface area contributed by atoms with Gasteiger partial charge in [0.2, 0.25) is 5.91 Å². The van der Waals surface area contributed by atoms with E-state index in [1.165, 1.54) is 36.8 Å². The summed E-state index contributed by atoms with van der Waals surface area (Å²) in [7, 11) is 2.01. The number of hydrogen-bond acceptors (Lipinski definition) is 2. The molecule has 3 heteroatoms. The molecule has 3 aliphatic rings. The molecule has 124 valence electrons. The number of aryl methyl sites for hydroxylation is 1. The molecule has 1 aromatic rings. The first-order chi connectivity index (χ1) is 11.2. The van der Waals surface area contributed by atoms with Gasteiger partial charge in [0.1, 0.15) is 0 Å². The Morgan fingerprint density at radius 1 is 1.35 bits per heavy atom. The lowest BCUT2D eigenvalue weighted by molar-refractivity contribution is -0.134. The summed E-state index contributed by atoms with van der Waals surface area (Å²) in [4.78, 5) is 15.3. The standard InChI is InChI=1S/C20H28N2O/c1-21-13-15-6-5-11-22(14-15)19(23)18-12-20(18)10-4-8-16-7-2-3-9-17(16)20/h2-3,7,9,15,18,21H,4-6,8,10-14H2,1H3. The minimum Gasteiger partial charge on any atom is -0.342 e. The molecule has 1 aliphatic heterocycles. The normalized spacial score (nSPS) is 32.7. The molecule has 0 bridgehead atoms. The Morgan fingerprint density at radius 3 is 3.09 bits per heavy atom. The van der Waals surface area contributed by atoms with Gasteiger partial charge in [-0.3, -0.25) is 4.79 Å². The van der Waals surface area contributed by atoms with Gasteiger partial charge >= 0.3 is 0 Å². The number of nitrogens with one attached hydrogen (secondary N) is 1. The molecule has 3 atom stereocenters. The minimum absolute atomic E-state index is 0.182. The molecule has 1 amide bonds. The molecule has 3 nitrogen and oxygen atoms in total. The number of carbonyl (C=O) groups is 1. The lowest BCUT2D eigenvalue weighted by Gasteiger charge is -2.34. The lowest BCUT2D eigenvalue weighted by atomic mass is 9.78. The van der Waals surface area contributed by atoms with Gasteiger partial charge in [0.25, 0.3) is 0 Å². The second kappa shape index (κ2) is 5.94. The van der Waals surface area contributed by atoms with Crippen molar-refractivity contribution in [3.8, 4) is 0 Å². The van der Waals surface area contributed by atoms with Crippen LogP contribution in [0.15, 0.2) is 24.3 Å². The smallest absolute Gasteiger partial charge is 0.226 e. The quantitative estimate of drug-likeness (QED) is 0.931. The minimum atomic E-state index is 0.182. The number of carbonyl (C=O) groups excluding carboxylic acids is 1. The molecule has 0 aromatic heterocycles. The predicted octanol–water partition coefficient (Wildman–Crippen LogP) is 2.74. The summed E-state index contributed by atoms with van der Waals surface area (Å²) in [5, 5.41) is 3.27. The first-order valence-electron chi connectivity index (χ1n) is 9.26. The van der Waals surface area contributed by atoms with Gasteiger partial charge in [-0.15, -0.1) is 0 Å². The maximum atomic E-state index is 13.1. The van der Waals surface area contributed by atoms with E-state index in [0.717, 1.165) is 32.5 Å². The summed E-state index contributed by atoms with van der Waals surface area (Å²) in [6.07, 6.45) is 7.12. The fourth-order valence-electron chi connectivity index (χ4n) is 5.10. The molecule has 3 unspecified atom stereocenters. The Hall–Kier alpha value is -1.35.